The van der Waals surface area contributed by atoms with E-state index in [1.165, 1.54) is 0 Å². The fourth-order valence-corrected chi connectivity index (χ4v) is 1.38. The molecule has 0 fully saturated rings. The normalized spacial score (nSPS) is 12.6. The first-order valence-electron chi connectivity index (χ1n) is 5.07. The lowest BCUT2D eigenvalue weighted by atomic mass is 9.95. The van der Waals surface area contributed by atoms with Crippen LogP contribution in [0.1, 0.15) is 40.0 Å². The average Bonchev–Trinajstić information content (AvgIpc) is 2.03. The molecule has 4 heteroatoms. The van der Waals surface area contributed by atoms with Gasteiger partial charge in [0.15, 0.2) is 5.11 Å². The number of carbonyl (C=O) groups is 1. The Morgan fingerprint density at radius 1 is 1.43 bits per heavy atom. The van der Waals surface area contributed by atoms with Gasteiger partial charge in [-0.1, -0.05) is 27.2 Å². The molecule has 3 nitrogen and oxygen atoms in total. The summed E-state index contributed by atoms with van der Waals surface area (Å²) in [7, 11) is 0. The third-order valence-corrected chi connectivity index (χ3v) is 2.30. The molecule has 0 radical (unpaired) electrons. The SMILES string of the molecule is CCC(CCC(C)C)C(=O)NC(N)=S. The van der Waals surface area contributed by atoms with Crippen LogP contribution in [0.2, 0.25) is 0 Å². The summed E-state index contributed by atoms with van der Waals surface area (Å²) in [5, 5.41) is 2.56. The van der Waals surface area contributed by atoms with E-state index in [0.717, 1.165) is 19.3 Å². The number of nitrogens with one attached hydrogen (secondary N) is 1. The molecule has 0 aromatic rings. The topological polar surface area (TPSA) is 55.1 Å². The van der Waals surface area contributed by atoms with Gasteiger partial charge >= 0.3 is 0 Å². The van der Waals surface area contributed by atoms with E-state index in [9.17, 15) is 4.79 Å². The highest BCUT2D eigenvalue weighted by Crippen LogP contribution is 2.15. The highest BCUT2D eigenvalue weighted by Gasteiger charge is 2.16. The molecule has 0 saturated carbocycles. The molecule has 14 heavy (non-hydrogen) atoms. The summed E-state index contributed by atoms with van der Waals surface area (Å²) in [6, 6.07) is 0. The van der Waals surface area contributed by atoms with E-state index in [-0.39, 0.29) is 16.9 Å². The van der Waals surface area contributed by atoms with Crippen molar-refractivity contribution in [2.45, 2.75) is 40.0 Å². The van der Waals surface area contributed by atoms with Gasteiger partial charge in [0.25, 0.3) is 0 Å². The summed E-state index contributed by atoms with van der Waals surface area (Å²) < 4.78 is 0. The zero-order valence-corrected chi connectivity index (χ0v) is 9.99. The Balaban J connectivity index is 3.99. The van der Waals surface area contributed by atoms with Crippen LogP contribution in [0.4, 0.5) is 0 Å². The molecule has 1 atom stereocenters. The van der Waals surface area contributed by atoms with Crippen LogP contribution >= 0.6 is 12.2 Å². The van der Waals surface area contributed by atoms with Crippen LogP contribution in [0.5, 0.6) is 0 Å². The molecule has 0 heterocycles. The van der Waals surface area contributed by atoms with E-state index in [2.05, 4.69) is 31.4 Å². The third kappa shape index (κ3) is 5.91. The second kappa shape index (κ2) is 6.76. The zero-order valence-electron chi connectivity index (χ0n) is 9.17. The van der Waals surface area contributed by atoms with E-state index in [1.807, 2.05) is 6.92 Å². The zero-order chi connectivity index (χ0) is 11.1. The Morgan fingerprint density at radius 3 is 2.36 bits per heavy atom. The third-order valence-electron chi connectivity index (χ3n) is 2.20. The average molecular weight is 216 g/mol. The maximum atomic E-state index is 11.5. The van der Waals surface area contributed by atoms with Gasteiger partial charge in [0.05, 0.1) is 0 Å². The summed E-state index contributed by atoms with van der Waals surface area (Å²) in [4.78, 5) is 11.5. The van der Waals surface area contributed by atoms with Crippen molar-refractivity contribution in [2.24, 2.45) is 17.6 Å². The molecule has 3 N–H and O–H groups in total. The molecule has 0 aliphatic rings. The molecule has 0 aliphatic heterocycles. The molecule has 82 valence electrons. The highest BCUT2D eigenvalue weighted by atomic mass is 32.1. The predicted molar refractivity (Wildman–Crippen MR) is 62.8 cm³/mol. The molecule has 0 aromatic carbocycles. The quantitative estimate of drug-likeness (QED) is 0.689. The number of nitrogens with two attached hydrogens (primary N) is 1. The second-order valence-corrected chi connectivity index (χ2v) is 4.37. The van der Waals surface area contributed by atoms with Crippen molar-refractivity contribution in [3.05, 3.63) is 0 Å². The number of thiocarbonyl (C=S) groups is 1. The Kier molecular flexibility index (Phi) is 6.45. The van der Waals surface area contributed by atoms with Crippen LogP contribution in [-0.2, 0) is 4.79 Å². The number of carbonyl (C=O) groups excluding carboxylic acids is 1. The van der Waals surface area contributed by atoms with Crippen molar-refractivity contribution >= 4 is 23.2 Å². The van der Waals surface area contributed by atoms with Gasteiger partial charge in [-0.25, -0.2) is 0 Å². The molecular formula is C10H20N2OS. The molecular weight excluding hydrogens is 196 g/mol. The summed E-state index contributed by atoms with van der Waals surface area (Å²) in [6.07, 6.45) is 2.80. The van der Waals surface area contributed by atoms with Crippen molar-refractivity contribution in [2.75, 3.05) is 0 Å². The summed E-state index contributed by atoms with van der Waals surface area (Å²) in [5.41, 5.74) is 5.24. The Morgan fingerprint density at radius 2 is 2.00 bits per heavy atom. The lowest BCUT2D eigenvalue weighted by Gasteiger charge is -2.15. The standard InChI is InChI=1S/C10H20N2OS/c1-4-8(6-5-7(2)3)9(13)12-10(11)14/h7-8H,4-6H2,1-3H3,(H3,11,12,13,14). The van der Waals surface area contributed by atoms with Crippen molar-refractivity contribution < 1.29 is 4.79 Å². The lowest BCUT2D eigenvalue weighted by Crippen LogP contribution is -2.38. The van der Waals surface area contributed by atoms with Gasteiger partial charge in [0.1, 0.15) is 0 Å². The van der Waals surface area contributed by atoms with Crippen LogP contribution < -0.4 is 11.1 Å². The number of hydrogen-bond acceptors (Lipinski definition) is 2. The van der Waals surface area contributed by atoms with Gasteiger partial charge in [-0.3, -0.25) is 4.79 Å². The largest absolute Gasteiger partial charge is 0.376 e. The minimum absolute atomic E-state index is 0.0406. The summed E-state index contributed by atoms with van der Waals surface area (Å²) in [6.45, 7) is 6.31. The van der Waals surface area contributed by atoms with Crippen LogP contribution in [0, 0.1) is 11.8 Å². The lowest BCUT2D eigenvalue weighted by molar-refractivity contribution is -0.123. The maximum absolute atomic E-state index is 11.5. The van der Waals surface area contributed by atoms with Gasteiger partial charge < -0.3 is 11.1 Å². The number of rotatable bonds is 5. The smallest absolute Gasteiger partial charge is 0.229 e. The van der Waals surface area contributed by atoms with Crippen molar-refractivity contribution in [3.8, 4) is 0 Å². The van der Waals surface area contributed by atoms with Gasteiger partial charge in [0, 0.05) is 5.92 Å². The summed E-state index contributed by atoms with van der Waals surface area (Å²) >= 11 is 4.62. The minimum Gasteiger partial charge on any atom is -0.376 e. The monoisotopic (exact) mass is 216 g/mol. The highest BCUT2D eigenvalue weighted by molar-refractivity contribution is 7.80. The van der Waals surface area contributed by atoms with Gasteiger partial charge in [-0.2, -0.15) is 0 Å². The van der Waals surface area contributed by atoms with Gasteiger partial charge in [-0.15, -0.1) is 0 Å². The second-order valence-electron chi connectivity index (χ2n) is 3.93. The maximum Gasteiger partial charge on any atom is 0.229 e. The molecule has 0 spiro atoms. The Hall–Kier alpha value is -0.640. The first-order valence-corrected chi connectivity index (χ1v) is 5.48. The van der Waals surface area contributed by atoms with Crippen molar-refractivity contribution in [3.63, 3.8) is 0 Å². The first kappa shape index (κ1) is 13.4. The van der Waals surface area contributed by atoms with Gasteiger partial charge in [0.2, 0.25) is 5.91 Å². The van der Waals surface area contributed by atoms with Gasteiger partial charge in [-0.05, 0) is 31.0 Å². The minimum atomic E-state index is -0.0411. The van der Waals surface area contributed by atoms with Crippen LogP contribution in [0.3, 0.4) is 0 Å². The molecule has 0 saturated heterocycles. The number of amides is 1. The molecule has 0 aromatic heterocycles. The van der Waals surface area contributed by atoms with E-state index in [0.29, 0.717) is 5.92 Å². The Labute approximate surface area is 91.4 Å². The molecule has 0 rings (SSSR count). The fraction of sp³-hybridized carbons (Fsp3) is 0.800. The predicted octanol–water partition coefficient (Wildman–Crippen LogP) is 1.81. The van der Waals surface area contributed by atoms with E-state index < -0.39 is 0 Å². The van der Waals surface area contributed by atoms with E-state index in [1.54, 1.807) is 0 Å². The van der Waals surface area contributed by atoms with Crippen molar-refractivity contribution in [1.29, 1.82) is 0 Å². The van der Waals surface area contributed by atoms with Crippen LogP contribution in [-0.4, -0.2) is 11.0 Å². The summed E-state index contributed by atoms with van der Waals surface area (Å²) in [5.74, 6) is 0.626. The van der Waals surface area contributed by atoms with E-state index in [4.69, 9.17) is 5.73 Å². The first-order chi connectivity index (χ1) is 6.47. The van der Waals surface area contributed by atoms with Crippen molar-refractivity contribution in [1.82, 2.24) is 5.32 Å². The van der Waals surface area contributed by atoms with Crippen LogP contribution in [0.25, 0.3) is 0 Å². The number of hydrogen-bond donors (Lipinski definition) is 2. The van der Waals surface area contributed by atoms with E-state index >= 15 is 0 Å². The molecule has 1 unspecified atom stereocenters. The fourth-order valence-electron chi connectivity index (χ4n) is 1.28. The molecule has 1 amide bonds. The molecule has 0 bridgehead atoms. The Bertz CT molecular complexity index is 204. The van der Waals surface area contributed by atoms with Crippen LogP contribution in [0.15, 0.2) is 0 Å². The molecule has 0 aliphatic carbocycles.